The number of aromatic nitrogens is 1. The first-order valence-electron chi connectivity index (χ1n) is 9.55. The van der Waals surface area contributed by atoms with E-state index in [0.29, 0.717) is 17.4 Å². The molecule has 1 aromatic heterocycles. The number of benzene rings is 1. The van der Waals surface area contributed by atoms with Crippen LogP contribution in [0, 0.1) is 24.7 Å². The third-order valence-corrected chi connectivity index (χ3v) is 7.08. The fourth-order valence-corrected chi connectivity index (χ4v) is 5.55. The van der Waals surface area contributed by atoms with Gasteiger partial charge in [-0.3, -0.25) is 4.79 Å². The average Bonchev–Trinajstić information content (AvgIpc) is 3.36. The number of para-hydroxylation sites is 1. The first-order valence-corrected chi connectivity index (χ1v) is 10.4. The normalized spacial score (nSPS) is 25.2. The summed E-state index contributed by atoms with van der Waals surface area (Å²) in [4.78, 5) is 18.0. The molecule has 138 valence electrons. The van der Waals surface area contributed by atoms with Gasteiger partial charge in [-0.05, 0) is 63.0 Å². The molecule has 1 heterocycles. The van der Waals surface area contributed by atoms with E-state index in [0.717, 1.165) is 28.3 Å². The van der Waals surface area contributed by atoms with E-state index in [9.17, 15) is 4.79 Å². The Labute approximate surface area is 159 Å². The van der Waals surface area contributed by atoms with Crippen LogP contribution in [0.25, 0.3) is 0 Å². The Morgan fingerprint density at radius 2 is 2.12 bits per heavy atom. The summed E-state index contributed by atoms with van der Waals surface area (Å²) in [6.07, 6.45) is 5.38. The Hall–Kier alpha value is -1.88. The van der Waals surface area contributed by atoms with Crippen molar-refractivity contribution in [2.75, 3.05) is 0 Å². The van der Waals surface area contributed by atoms with Gasteiger partial charge in [-0.25, -0.2) is 4.98 Å². The molecule has 0 aliphatic heterocycles. The fraction of sp³-hybridized carbons (Fsp3) is 0.524. The highest BCUT2D eigenvalue weighted by Gasteiger charge is 2.42. The van der Waals surface area contributed by atoms with Crippen molar-refractivity contribution in [1.82, 2.24) is 10.3 Å². The van der Waals surface area contributed by atoms with Gasteiger partial charge in [0.05, 0.1) is 5.69 Å². The Kier molecular flexibility index (Phi) is 4.98. The Morgan fingerprint density at radius 3 is 2.81 bits per heavy atom. The number of ether oxygens (including phenoxy) is 1. The second-order valence-electron chi connectivity index (χ2n) is 7.72. The van der Waals surface area contributed by atoms with Gasteiger partial charge in [0.15, 0.2) is 0 Å². The summed E-state index contributed by atoms with van der Waals surface area (Å²) in [7, 11) is 0. The van der Waals surface area contributed by atoms with Crippen molar-refractivity contribution in [2.45, 2.75) is 52.2 Å². The summed E-state index contributed by atoms with van der Waals surface area (Å²) >= 11 is 1.44. The van der Waals surface area contributed by atoms with Gasteiger partial charge in [0, 0.05) is 6.04 Å². The molecular formula is C21H26N2O2S. The number of fused-ring (bicyclic) bond motifs is 2. The maximum atomic E-state index is 12.7. The van der Waals surface area contributed by atoms with Crippen molar-refractivity contribution in [3.8, 4) is 5.75 Å². The van der Waals surface area contributed by atoms with Crippen molar-refractivity contribution < 1.29 is 9.53 Å². The van der Waals surface area contributed by atoms with Gasteiger partial charge < -0.3 is 10.1 Å². The molecule has 2 fully saturated rings. The Morgan fingerprint density at radius 1 is 1.31 bits per heavy atom. The smallest absolute Gasteiger partial charge is 0.263 e. The molecule has 2 bridgehead atoms. The van der Waals surface area contributed by atoms with Crippen LogP contribution in [0.4, 0.5) is 0 Å². The van der Waals surface area contributed by atoms with Crippen molar-refractivity contribution in [2.24, 2.45) is 17.8 Å². The van der Waals surface area contributed by atoms with E-state index in [1.165, 1.54) is 37.0 Å². The molecule has 26 heavy (non-hydrogen) atoms. The van der Waals surface area contributed by atoms with E-state index in [1.807, 2.05) is 37.3 Å². The van der Waals surface area contributed by atoms with Crippen molar-refractivity contribution in [1.29, 1.82) is 0 Å². The summed E-state index contributed by atoms with van der Waals surface area (Å²) in [5, 5.41) is 4.08. The van der Waals surface area contributed by atoms with Crippen molar-refractivity contribution in [3.05, 3.63) is 45.9 Å². The molecule has 0 spiro atoms. The quantitative estimate of drug-likeness (QED) is 0.809. The highest BCUT2D eigenvalue weighted by molar-refractivity contribution is 7.13. The summed E-state index contributed by atoms with van der Waals surface area (Å²) in [6.45, 7) is 4.46. The molecule has 1 amide bonds. The van der Waals surface area contributed by atoms with Gasteiger partial charge >= 0.3 is 0 Å². The molecule has 1 aromatic carbocycles. The van der Waals surface area contributed by atoms with Crippen molar-refractivity contribution in [3.63, 3.8) is 0 Å². The first-order chi connectivity index (χ1) is 12.6. The lowest BCUT2D eigenvalue weighted by atomic mass is 9.84. The predicted octanol–water partition coefficient (Wildman–Crippen LogP) is 4.59. The number of nitrogens with zero attached hydrogens (tertiary/aromatic N) is 1. The third-order valence-electron chi connectivity index (χ3n) is 5.95. The predicted molar refractivity (Wildman–Crippen MR) is 103 cm³/mol. The van der Waals surface area contributed by atoms with Crippen LogP contribution in [0.2, 0.25) is 0 Å². The van der Waals surface area contributed by atoms with E-state index in [1.54, 1.807) is 0 Å². The maximum absolute atomic E-state index is 12.7. The average molecular weight is 371 g/mol. The number of carbonyl (C=O) groups excluding carboxylic acids is 1. The zero-order valence-electron chi connectivity index (χ0n) is 15.4. The Balaban J connectivity index is 1.36. The minimum atomic E-state index is 0.0150. The zero-order chi connectivity index (χ0) is 18.1. The first kappa shape index (κ1) is 17.5. The molecule has 4 nitrogen and oxygen atoms in total. The lowest BCUT2D eigenvalue weighted by Gasteiger charge is -2.28. The number of carbonyl (C=O) groups is 1. The van der Waals surface area contributed by atoms with Gasteiger partial charge in [-0.2, -0.15) is 0 Å². The van der Waals surface area contributed by atoms with Crippen LogP contribution in [-0.4, -0.2) is 16.9 Å². The van der Waals surface area contributed by atoms with Crippen LogP contribution in [0.1, 0.15) is 53.0 Å². The third kappa shape index (κ3) is 3.63. The molecule has 0 radical (unpaired) electrons. The highest BCUT2D eigenvalue weighted by atomic mass is 32.1. The van der Waals surface area contributed by atoms with Gasteiger partial charge in [0.1, 0.15) is 22.2 Å². The lowest BCUT2D eigenvalue weighted by Crippen LogP contribution is -2.40. The topological polar surface area (TPSA) is 51.2 Å². The van der Waals surface area contributed by atoms with Gasteiger partial charge in [-0.15, -0.1) is 11.3 Å². The largest absolute Gasteiger partial charge is 0.486 e. The van der Waals surface area contributed by atoms with Crippen LogP contribution in [-0.2, 0) is 6.61 Å². The molecule has 1 N–H and O–H groups in total. The van der Waals surface area contributed by atoms with Crippen LogP contribution < -0.4 is 10.1 Å². The minimum Gasteiger partial charge on any atom is -0.486 e. The summed E-state index contributed by atoms with van der Waals surface area (Å²) < 4.78 is 5.75. The molecule has 2 aliphatic carbocycles. The van der Waals surface area contributed by atoms with E-state index in [-0.39, 0.29) is 11.9 Å². The van der Waals surface area contributed by atoms with E-state index < -0.39 is 0 Å². The molecule has 0 saturated heterocycles. The van der Waals surface area contributed by atoms with Crippen LogP contribution in [0.3, 0.4) is 0 Å². The number of rotatable bonds is 6. The van der Waals surface area contributed by atoms with E-state index >= 15 is 0 Å². The molecule has 4 rings (SSSR count). The van der Waals surface area contributed by atoms with Crippen LogP contribution in [0.15, 0.2) is 30.3 Å². The second-order valence-corrected chi connectivity index (χ2v) is 8.81. The molecule has 2 aliphatic rings. The Bertz CT molecular complexity index is 774. The van der Waals surface area contributed by atoms with E-state index in [2.05, 4.69) is 17.2 Å². The molecule has 4 unspecified atom stereocenters. The number of thiazole rings is 1. The molecule has 4 atom stereocenters. The van der Waals surface area contributed by atoms with Gasteiger partial charge in [-0.1, -0.05) is 24.6 Å². The monoisotopic (exact) mass is 370 g/mol. The number of amides is 1. The zero-order valence-corrected chi connectivity index (χ0v) is 16.2. The molecule has 5 heteroatoms. The van der Waals surface area contributed by atoms with Gasteiger partial charge in [0.2, 0.25) is 0 Å². The summed E-state index contributed by atoms with van der Waals surface area (Å²) in [6, 6.07) is 9.93. The molecular weight excluding hydrogens is 344 g/mol. The van der Waals surface area contributed by atoms with E-state index in [4.69, 9.17) is 4.74 Å². The minimum absolute atomic E-state index is 0.0150. The number of hydrogen-bond donors (Lipinski definition) is 1. The lowest BCUT2D eigenvalue weighted by molar-refractivity contribution is 0.0918. The number of aryl methyl sites for hydroxylation is 1. The molecule has 2 saturated carbocycles. The van der Waals surface area contributed by atoms with Gasteiger partial charge in [0.25, 0.3) is 5.91 Å². The van der Waals surface area contributed by atoms with Crippen LogP contribution >= 0.6 is 11.3 Å². The SMILES string of the molecule is Cc1nc(COc2ccccc2)sc1C(=O)NC(C)C1CC2CCC1C2. The summed E-state index contributed by atoms with van der Waals surface area (Å²) in [5.41, 5.74) is 0.791. The summed E-state index contributed by atoms with van der Waals surface area (Å²) in [5.74, 6) is 3.19. The number of nitrogens with one attached hydrogen (secondary N) is 1. The number of hydrogen-bond acceptors (Lipinski definition) is 4. The van der Waals surface area contributed by atoms with Crippen molar-refractivity contribution >= 4 is 17.2 Å². The fourth-order valence-electron chi connectivity index (χ4n) is 4.67. The second kappa shape index (κ2) is 7.39. The maximum Gasteiger partial charge on any atom is 0.263 e. The standard InChI is InChI=1S/C21H26N2O2S/c1-13(18-11-15-8-9-16(18)10-15)23-21(24)20-14(2)22-19(26-20)12-25-17-6-4-3-5-7-17/h3-7,13,15-16,18H,8-12H2,1-2H3,(H,23,24). The van der Waals surface area contributed by atoms with Crippen LogP contribution in [0.5, 0.6) is 5.75 Å². The highest BCUT2D eigenvalue weighted by Crippen LogP contribution is 2.49. The molecule has 2 aromatic rings.